The van der Waals surface area contributed by atoms with E-state index in [-0.39, 0.29) is 47.1 Å². The van der Waals surface area contributed by atoms with E-state index in [0.29, 0.717) is 11.3 Å². The molecule has 0 bridgehead atoms. The molecular weight excluding hydrogens is 358 g/mol. The summed E-state index contributed by atoms with van der Waals surface area (Å²) in [5.74, 6) is -0.392. The molecule has 2 aromatic rings. The number of esters is 1. The van der Waals surface area contributed by atoms with Crippen molar-refractivity contribution < 1.29 is 41.8 Å². The van der Waals surface area contributed by atoms with Crippen molar-refractivity contribution in [2.75, 3.05) is 13.2 Å². The van der Waals surface area contributed by atoms with Crippen molar-refractivity contribution in [1.82, 2.24) is 15.4 Å². The predicted octanol–water partition coefficient (Wildman–Crippen LogP) is 0.902. The molecule has 1 aromatic heterocycles. The van der Waals surface area contributed by atoms with Crippen molar-refractivity contribution >= 4 is 5.97 Å². The van der Waals surface area contributed by atoms with Crippen LogP contribution >= 0.6 is 0 Å². The number of aromatic hydroxyl groups is 1. The summed E-state index contributed by atoms with van der Waals surface area (Å²) in [5, 5.41) is 20.5. The zero-order valence-corrected chi connectivity index (χ0v) is 12.0. The molecule has 0 radical (unpaired) electrons. The van der Waals surface area contributed by atoms with Crippen LogP contribution in [0.1, 0.15) is 6.92 Å². The maximum atomic E-state index is 11.2. The summed E-state index contributed by atoms with van der Waals surface area (Å²) in [7, 11) is 0. The maximum Gasteiger partial charge on any atom is 1.00 e. The zero-order chi connectivity index (χ0) is 13.7. The fourth-order valence-electron chi connectivity index (χ4n) is 1.44. The molecule has 0 atom stereocenters. The van der Waals surface area contributed by atoms with E-state index in [1.807, 2.05) is 0 Å². The van der Waals surface area contributed by atoms with Crippen LogP contribution in [0.25, 0.3) is 11.3 Å². The Bertz CT molecular complexity index is 560. The van der Waals surface area contributed by atoms with Gasteiger partial charge in [0.15, 0.2) is 6.61 Å². The molecule has 1 heterocycles. The Morgan fingerprint density at radius 2 is 2.25 bits per heavy atom. The van der Waals surface area contributed by atoms with Gasteiger partial charge in [-0.1, -0.05) is 11.3 Å². The third kappa shape index (κ3) is 4.09. The van der Waals surface area contributed by atoms with Crippen LogP contribution in [-0.2, 0) is 31.9 Å². The van der Waals surface area contributed by atoms with Crippen molar-refractivity contribution in [3.63, 3.8) is 0 Å². The fourth-order valence-corrected chi connectivity index (χ4v) is 1.44. The Morgan fingerprint density at radius 3 is 2.90 bits per heavy atom. The molecule has 0 aliphatic heterocycles. The van der Waals surface area contributed by atoms with Crippen LogP contribution in [-0.4, -0.2) is 39.7 Å². The monoisotopic (exact) mass is 369 g/mol. The van der Waals surface area contributed by atoms with E-state index in [9.17, 15) is 9.90 Å². The number of rotatable bonds is 5. The SMILES string of the molecule is CCOC(=O)COc1cc(-[c-]2cnnn2)ccc1O.[Ag+]. The van der Waals surface area contributed by atoms with E-state index in [4.69, 9.17) is 9.47 Å². The molecule has 0 aliphatic rings. The van der Waals surface area contributed by atoms with Gasteiger partial charge in [0.2, 0.25) is 0 Å². The number of phenols is 1. The molecule has 8 heteroatoms. The third-order valence-corrected chi connectivity index (χ3v) is 2.29. The van der Waals surface area contributed by atoms with Crippen molar-refractivity contribution in [2.45, 2.75) is 6.92 Å². The number of carbonyl (C=O) groups excluding carboxylic acids is 1. The summed E-state index contributed by atoms with van der Waals surface area (Å²) < 4.78 is 9.92. The van der Waals surface area contributed by atoms with Gasteiger partial charge in [0, 0.05) is 11.9 Å². The van der Waals surface area contributed by atoms with E-state index in [1.165, 1.54) is 12.3 Å². The van der Waals surface area contributed by atoms with Gasteiger partial charge < -0.3 is 14.6 Å². The van der Waals surface area contributed by atoms with Crippen LogP contribution in [0.4, 0.5) is 0 Å². The van der Waals surface area contributed by atoms with Crippen molar-refractivity contribution in [3.05, 3.63) is 24.4 Å². The number of hydrogen-bond donors (Lipinski definition) is 1. The second kappa shape index (κ2) is 7.69. The molecule has 2 rings (SSSR count). The molecule has 0 saturated heterocycles. The normalized spacial score (nSPS) is 9.65. The Labute approximate surface area is 130 Å². The number of ether oxygens (including phenoxy) is 2. The molecule has 0 amide bonds. The summed E-state index contributed by atoms with van der Waals surface area (Å²) in [4.78, 5) is 11.2. The molecular formula is C12H12AgN3O4. The third-order valence-electron chi connectivity index (χ3n) is 2.29. The number of nitrogens with zero attached hydrogens (tertiary/aromatic N) is 3. The van der Waals surface area contributed by atoms with E-state index in [1.54, 1.807) is 19.1 Å². The van der Waals surface area contributed by atoms with E-state index in [0.717, 1.165) is 0 Å². The minimum Gasteiger partial charge on any atom is -0.506 e. The van der Waals surface area contributed by atoms with Gasteiger partial charge in [-0.25, -0.2) is 4.79 Å². The van der Waals surface area contributed by atoms with Gasteiger partial charge >= 0.3 is 28.3 Å². The predicted molar refractivity (Wildman–Crippen MR) is 64.6 cm³/mol. The van der Waals surface area contributed by atoms with Gasteiger partial charge in [-0.3, -0.25) is 0 Å². The molecule has 7 nitrogen and oxygen atoms in total. The second-order valence-corrected chi connectivity index (χ2v) is 3.60. The standard InChI is InChI=1S/C12H12N3O4.Ag/c1-2-18-12(17)7-19-11-5-8(3-4-10(11)16)9-6-13-15-14-9;/h3-6,16H,2,7H2,1H3;/q-1;+1. The zero-order valence-electron chi connectivity index (χ0n) is 10.5. The summed E-state index contributed by atoms with van der Waals surface area (Å²) in [6.07, 6.45) is 1.49. The van der Waals surface area contributed by atoms with Crippen molar-refractivity contribution in [3.8, 4) is 22.8 Å². The number of benzene rings is 1. The first-order valence-corrected chi connectivity index (χ1v) is 5.63. The van der Waals surface area contributed by atoms with Gasteiger partial charge in [0.05, 0.1) is 6.61 Å². The second-order valence-electron chi connectivity index (χ2n) is 3.60. The summed E-state index contributed by atoms with van der Waals surface area (Å²) in [5.41, 5.74) is 1.24. The summed E-state index contributed by atoms with van der Waals surface area (Å²) in [6.45, 7) is 1.72. The molecule has 0 unspecified atom stereocenters. The quantitative estimate of drug-likeness (QED) is 0.475. The average Bonchev–Trinajstić information content (AvgIpc) is 2.92. The van der Waals surface area contributed by atoms with E-state index in [2.05, 4.69) is 15.4 Å². The average molecular weight is 370 g/mol. The van der Waals surface area contributed by atoms with Crippen molar-refractivity contribution in [2.24, 2.45) is 0 Å². The first-order valence-electron chi connectivity index (χ1n) is 5.63. The van der Waals surface area contributed by atoms with Crippen LogP contribution in [0.15, 0.2) is 24.4 Å². The van der Waals surface area contributed by atoms with Gasteiger partial charge in [-0.05, 0) is 6.92 Å². The summed E-state index contributed by atoms with van der Waals surface area (Å²) >= 11 is 0. The van der Waals surface area contributed by atoms with E-state index >= 15 is 0 Å². The van der Waals surface area contributed by atoms with Gasteiger partial charge in [-0.2, -0.15) is 21.8 Å². The van der Waals surface area contributed by atoms with Crippen LogP contribution in [0, 0.1) is 0 Å². The number of hydrogen-bond acceptors (Lipinski definition) is 7. The molecule has 1 aromatic carbocycles. The van der Waals surface area contributed by atoms with Crippen molar-refractivity contribution in [1.29, 1.82) is 0 Å². The smallest absolute Gasteiger partial charge is 0.506 e. The van der Waals surface area contributed by atoms with Crippen LogP contribution in [0.2, 0.25) is 0 Å². The molecule has 110 valence electrons. The largest absolute Gasteiger partial charge is 1.00 e. The Kier molecular flexibility index (Phi) is 6.23. The van der Waals surface area contributed by atoms with Crippen LogP contribution < -0.4 is 4.74 Å². The Hall–Kier alpha value is -1.83. The van der Waals surface area contributed by atoms with Gasteiger partial charge in [0.1, 0.15) is 11.5 Å². The summed E-state index contributed by atoms with van der Waals surface area (Å²) in [6, 6.07) is 4.66. The molecule has 0 spiro atoms. The first-order chi connectivity index (χ1) is 9.20. The number of carbonyl (C=O) groups is 1. The molecule has 0 aliphatic carbocycles. The number of aromatic nitrogens is 3. The Balaban J connectivity index is 0.00000200. The molecule has 0 fully saturated rings. The van der Waals surface area contributed by atoms with Crippen LogP contribution in [0.3, 0.4) is 0 Å². The minimum atomic E-state index is -0.498. The van der Waals surface area contributed by atoms with Gasteiger partial charge in [0.25, 0.3) is 0 Å². The van der Waals surface area contributed by atoms with Gasteiger partial charge in [-0.15, -0.1) is 6.07 Å². The number of phenolic OH excluding ortho intramolecular Hbond substituents is 1. The minimum absolute atomic E-state index is 0. The topological polar surface area (TPSA) is 94.4 Å². The van der Waals surface area contributed by atoms with E-state index < -0.39 is 5.97 Å². The molecule has 20 heavy (non-hydrogen) atoms. The molecule has 1 N–H and O–H groups in total. The fraction of sp³-hybridized carbons (Fsp3) is 0.250. The first kappa shape index (κ1) is 16.2. The van der Waals surface area contributed by atoms with Crippen LogP contribution in [0.5, 0.6) is 11.5 Å². The maximum absolute atomic E-state index is 11.2. The molecule has 0 saturated carbocycles. The Morgan fingerprint density at radius 1 is 1.45 bits per heavy atom.